The molecule has 0 saturated carbocycles. The summed E-state index contributed by atoms with van der Waals surface area (Å²) in [7, 11) is -3.10. The third-order valence-corrected chi connectivity index (χ3v) is 8.14. The molecule has 2 aromatic heterocycles. The number of benzene rings is 1. The van der Waals surface area contributed by atoms with E-state index in [1.807, 2.05) is 12.3 Å². The van der Waals surface area contributed by atoms with Crippen molar-refractivity contribution >= 4 is 26.7 Å². The maximum Gasteiger partial charge on any atom is 0.213 e. The van der Waals surface area contributed by atoms with Crippen LogP contribution in [-0.2, 0) is 10.0 Å². The van der Waals surface area contributed by atoms with Gasteiger partial charge in [0.1, 0.15) is 5.82 Å². The Balaban J connectivity index is 1.56. The van der Waals surface area contributed by atoms with Gasteiger partial charge in [-0.25, -0.2) is 17.7 Å². The summed E-state index contributed by atoms with van der Waals surface area (Å²) >= 11 is 0. The molecule has 1 aromatic carbocycles. The van der Waals surface area contributed by atoms with Crippen LogP contribution in [-0.4, -0.2) is 48.1 Å². The van der Waals surface area contributed by atoms with Crippen LogP contribution in [0.15, 0.2) is 42.7 Å². The topological polar surface area (TPSA) is 78.1 Å². The highest BCUT2D eigenvalue weighted by Crippen LogP contribution is 2.36. The SMILES string of the molecule is CCS(=O)(=O)N1CCC(c2c[nH]c3ccc(-c4ccnc(NCC(C)(C)C)c4)cc23)CC1. The highest BCUT2D eigenvalue weighted by Gasteiger charge is 2.28. The first-order chi connectivity index (χ1) is 15.2. The van der Waals surface area contributed by atoms with Crippen LogP contribution in [0, 0.1) is 5.41 Å². The molecule has 0 bridgehead atoms. The number of aromatic amines is 1. The van der Waals surface area contributed by atoms with Crippen molar-refractivity contribution in [1.82, 2.24) is 14.3 Å². The number of fused-ring (bicyclic) bond motifs is 1. The molecule has 32 heavy (non-hydrogen) atoms. The van der Waals surface area contributed by atoms with Crippen LogP contribution < -0.4 is 5.32 Å². The summed E-state index contributed by atoms with van der Waals surface area (Å²) in [5, 5.41) is 4.66. The number of nitrogens with zero attached hydrogens (tertiary/aromatic N) is 2. The lowest BCUT2D eigenvalue weighted by molar-refractivity contribution is 0.321. The first kappa shape index (κ1) is 22.8. The van der Waals surface area contributed by atoms with E-state index in [1.165, 1.54) is 10.9 Å². The van der Waals surface area contributed by atoms with E-state index in [4.69, 9.17) is 0 Å². The Kier molecular flexibility index (Phi) is 6.32. The van der Waals surface area contributed by atoms with Gasteiger partial charge in [0.25, 0.3) is 0 Å². The minimum Gasteiger partial charge on any atom is -0.370 e. The number of hydrogen-bond donors (Lipinski definition) is 2. The Bertz CT molecular complexity index is 1190. The quantitative estimate of drug-likeness (QED) is 0.535. The molecule has 1 fully saturated rings. The number of hydrogen-bond acceptors (Lipinski definition) is 4. The number of aromatic nitrogens is 2. The summed E-state index contributed by atoms with van der Waals surface area (Å²) in [6.07, 6.45) is 5.66. The molecule has 0 spiro atoms. The Morgan fingerprint density at radius 3 is 2.53 bits per heavy atom. The molecule has 172 valence electrons. The number of nitrogens with one attached hydrogen (secondary N) is 2. The van der Waals surface area contributed by atoms with Gasteiger partial charge in [-0.05, 0) is 72.1 Å². The first-order valence-electron chi connectivity index (χ1n) is 11.5. The number of piperidine rings is 1. The summed E-state index contributed by atoms with van der Waals surface area (Å²) in [6, 6.07) is 10.7. The van der Waals surface area contributed by atoms with Crippen LogP contribution in [0.3, 0.4) is 0 Å². The summed E-state index contributed by atoms with van der Waals surface area (Å²) in [6.45, 7) is 10.4. The van der Waals surface area contributed by atoms with Gasteiger partial charge >= 0.3 is 0 Å². The lowest BCUT2D eigenvalue weighted by atomic mass is 9.89. The maximum absolute atomic E-state index is 12.2. The average Bonchev–Trinajstić information content (AvgIpc) is 3.21. The predicted octanol–water partition coefficient (Wildman–Crippen LogP) is 5.22. The van der Waals surface area contributed by atoms with E-state index in [0.717, 1.165) is 41.8 Å². The fraction of sp³-hybridized carbons (Fsp3) is 0.480. The van der Waals surface area contributed by atoms with Crippen LogP contribution in [0.2, 0.25) is 0 Å². The molecule has 1 saturated heterocycles. The number of sulfonamides is 1. The van der Waals surface area contributed by atoms with Crippen molar-refractivity contribution in [2.24, 2.45) is 5.41 Å². The van der Waals surface area contributed by atoms with E-state index in [2.05, 4.69) is 66.5 Å². The Morgan fingerprint density at radius 1 is 1.12 bits per heavy atom. The van der Waals surface area contributed by atoms with Crippen LogP contribution >= 0.6 is 0 Å². The van der Waals surface area contributed by atoms with Gasteiger partial charge in [-0.3, -0.25) is 0 Å². The zero-order chi connectivity index (χ0) is 22.9. The molecule has 0 amide bonds. The molecule has 3 heterocycles. The summed E-state index contributed by atoms with van der Waals surface area (Å²) in [5.41, 5.74) is 4.88. The van der Waals surface area contributed by atoms with E-state index in [9.17, 15) is 8.42 Å². The van der Waals surface area contributed by atoms with E-state index in [1.54, 1.807) is 11.2 Å². The van der Waals surface area contributed by atoms with Crippen LogP contribution in [0.4, 0.5) is 5.82 Å². The normalized spacial score (nSPS) is 16.5. The van der Waals surface area contributed by atoms with Gasteiger partial charge < -0.3 is 10.3 Å². The zero-order valence-corrected chi connectivity index (χ0v) is 20.3. The van der Waals surface area contributed by atoms with Crippen molar-refractivity contribution in [1.29, 1.82) is 0 Å². The largest absolute Gasteiger partial charge is 0.370 e. The molecule has 7 heteroatoms. The summed E-state index contributed by atoms with van der Waals surface area (Å²) in [5.74, 6) is 1.42. The number of rotatable bonds is 6. The van der Waals surface area contributed by atoms with E-state index < -0.39 is 10.0 Å². The molecule has 0 atom stereocenters. The van der Waals surface area contributed by atoms with Crippen LogP contribution in [0.5, 0.6) is 0 Å². The zero-order valence-electron chi connectivity index (χ0n) is 19.5. The number of pyridine rings is 1. The molecule has 2 N–H and O–H groups in total. The fourth-order valence-electron chi connectivity index (χ4n) is 4.35. The lowest BCUT2D eigenvalue weighted by Crippen LogP contribution is -2.38. The third kappa shape index (κ3) is 4.99. The Hall–Kier alpha value is -2.38. The van der Waals surface area contributed by atoms with Gasteiger partial charge in [-0.2, -0.15) is 0 Å². The standard InChI is InChI=1S/C25H34N4O2S/c1-5-32(30,31)29-12-9-18(10-13-29)22-16-27-23-7-6-19(14-21(22)23)20-8-11-26-24(15-20)28-17-25(2,3)4/h6-8,11,14-16,18,27H,5,9-10,12-13,17H2,1-4H3,(H,26,28). The van der Waals surface area contributed by atoms with Crippen molar-refractivity contribution in [3.05, 3.63) is 48.3 Å². The fourth-order valence-corrected chi connectivity index (χ4v) is 5.48. The van der Waals surface area contributed by atoms with Crippen molar-refractivity contribution in [3.63, 3.8) is 0 Å². The molecule has 6 nitrogen and oxygen atoms in total. The van der Waals surface area contributed by atoms with E-state index in [0.29, 0.717) is 19.0 Å². The molecule has 4 rings (SSSR count). The molecular formula is C25H34N4O2S. The monoisotopic (exact) mass is 454 g/mol. The molecule has 0 aliphatic carbocycles. The number of anilines is 1. The van der Waals surface area contributed by atoms with Gasteiger partial charge in [-0.15, -0.1) is 0 Å². The minimum atomic E-state index is -3.10. The molecule has 3 aromatic rings. The van der Waals surface area contributed by atoms with E-state index in [-0.39, 0.29) is 11.2 Å². The second-order valence-corrected chi connectivity index (χ2v) is 12.2. The van der Waals surface area contributed by atoms with Crippen LogP contribution in [0.1, 0.15) is 52.0 Å². The molecule has 0 radical (unpaired) electrons. The van der Waals surface area contributed by atoms with Crippen molar-refractivity contribution < 1.29 is 8.42 Å². The second-order valence-electron chi connectivity index (χ2n) is 9.92. The van der Waals surface area contributed by atoms with Crippen molar-refractivity contribution in [3.8, 4) is 11.1 Å². The van der Waals surface area contributed by atoms with Gasteiger partial charge in [-0.1, -0.05) is 26.8 Å². The van der Waals surface area contributed by atoms with E-state index >= 15 is 0 Å². The Labute approximate surface area is 191 Å². The second kappa shape index (κ2) is 8.87. The highest BCUT2D eigenvalue weighted by molar-refractivity contribution is 7.89. The summed E-state index contributed by atoms with van der Waals surface area (Å²) in [4.78, 5) is 7.88. The lowest BCUT2D eigenvalue weighted by Gasteiger charge is -2.30. The maximum atomic E-state index is 12.2. The van der Waals surface area contributed by atoms with Gasteiger partial charge in [0.05, 0.1) is 5.75 Å². The molecule has 1 aliphatic heterocycles. The van der Waals surface area contributed by atoms with Crippen molar-refractivity contribution in [2.75, 3.05) is 30.7 Å². The number of H-pyrrole nitrogens is 1. The molecule has 0 unspecified atom stereocenters. The molecular weight excluding hydrogens is 420 g/mol. The van der Waals surface area contributed by atoms with Gasteiger partial charge in [0.2, 0.25) is 10.0 Å². The van der Waals surface area contributed by atoms with Gasteiger partial charge in [0.15, 0.2) is 0 Å². The molecule has 1 aliphatic rings. The smallest absolute Gasteiger partial charge is 0.213 e. The summed E-state index contributed by atoms with van der Waals surface area (Å²) < 4.78 is 26.0. The first-order valence-corrected chi connectivity index (χ1v) is 13.1. The Morgan fingerprint density at radius 2 is 1.84 bits per heavy atom. The average molecular weight is 455 g/mol. The van der Waals surface area contributed by atoms with Crippen molar-refractivity contribution in [2.45, 2.75) is 46.5 Å². The third-order valence-electron chi connectivity index (χ3n) is 6.26. The highest BCUT2D eigenvalue weighted by atomic mass is 32.2. The van der Waals surface area contributed by atoms with Crippen LogP contribution in [0.25, 0.3) is 22.0 Å². The van der Waals surface area contributed by atoms with Gasteiger partial charge in [0, 0.05) is 42.9 Å². The predicted molar refractivity (Wildman–Crippen MR) is 132 cm³/mol. The minimum absolute atomic E-state index is 0.173.